The Bertz CT molecular complexity index is 857. The van der Waals surface area contributed by atoms with Gasteiger partial charge in [-0.15, -0.1) is 0 Å². The Labute approximate surface area is 195 Å². The standard InChI is InChI=1S/C23H34BClFNO5/c1-14-12-27(20(28)30-21(2,3)4)13-16(29-14)11-17-18(9-15(25)10-19(17)26)24-31-22(5,6)23(7,8)32-24/h9-10,14,16H,11-13H2,1-8H3/t14-,16?/m0/s1. The van der Waals surface area contributed by atoms with E-state index in [9.17, 15) is 4.79 Å². The van der Waals surface area contributed by atoms with Crippen molar-refractivity contribution in [1.29, 1.82) is 0 Å². The summed E-state index contributed by atoms with van der Waals surface area (Å²) in [5.74, 6) is -0.451. The van der Waals surface area contributed by atoms with Crippen LogP contribution in [0, 0.1) is 5.82 Å². The van der Waals surface area contributed by atoms with Gasteiger partial charge in [-0.25, -0.2) is 9.18 Å². The number of halogens is 2. The lowest BCUT2D eigenvalue weighted by Crippen LogP contribution is -2.51. The molecule has 2 aliphatic rings. The average Bonchev–Trinajstić information content (AvgIpc) is 2.82. The zero-order valence-corrected chi connectivity index (χ0v) is 21.0. The molecule has 0 radical (unpaired) electrons. The Hall–Kier alpha value is -1.35. The normalized spacial score (nSPS) is 25.2. The summed E-state index contributed by atoms with van der Waals surface area (Å²) in [7, 11) is -0.758. The van der Waals surface area contributed by atoms with Crippen LogP contribution in [0.2, 0.25) is 5.02 Å². The number of hydrogen-bond acceptors (Lipinski definition) is 5. The molecule has 0 N–H and O–H groups in total. The van der Waals surface area contributed by atoms with Crippen molar-refractivity contribution in [1.82, 2.24) is 4.90 Å². The maximum absolute atomic E-state index is 15.1. The average molecular weight is 470 g/mol. The largest absolute Gasteiger partial charge is 0.495 e. The molecule has 0 aliphatic carbocycles. The van der Waals surface area contributed by atoms with Gasteiger partial charge in [0.2, 0.25) is 0 Å². The molecule has 9 heteroatoms. The molecular weight excluding hydrogens is 436 g/mol. The monoisotopic (exact) mass is 469 g/mol. The predicted octanol–water partition coefficient (Wildman–Crippen LogP) is 4.35. The molecule has 2 fully saturated rings. The van der Waals surface area contributed by atoms with Gasteiger partial charge >= 0.3 is 13.2 Å². The lowest BCUT2D eigenvalue weighted by Gasteiger charge is -2.37. The summed E-state index contributed by atoms with van der Waals surface area (Å²) in [4.78, 5) is 14.2. The Morgan fingerprint density at radius 1 is 1.22 bits per heavy atom. The number of amides is 1. The van der Waals surface area contributed by atoms with E-state index in [4.69, 9.17) is 30.4 Å². The maximum atomic E-state index is 15.1. The molecule has 0 spiro atoms. The number of hydrogen-bond donors (Lipinski definition) is 0. The molecule has 1 amide bonds. The fraction of sp³-hybridized carbons (Fsp3) is 0.696. The van der Waals surface area contributed by atoms with Crippen molar-refractivity contribution in [2.45, 2.75) is 90.8 Å². The minimum absolute atomic E-state index is 0.211. The second-order valence-corrected chi connectivity index (χ2v) is 11.1. The number of ether oxygens (including phenoxy) is 2. The first-order chi connectivity index (χ1) is 14.6. The van der Waals surface area contributed by atoms with E-state index < -0.39 is 41.9 Å². The van der Waals surface area contributed by atoms with E-state index in [1.54, 1.807) is 11.0 Å². The van der Waals surface area contributed by atoms with Crippen LogP contribution in [0.15, 0.2) is 12.1 Å². The van der Waals surface area contributed by atoms with Crippen molar-refractivity contribution in [3.8, 4) is 0 Å². The summed E-state index contributed by atoms with van der Waals surface area (Å²) < 4.78 is 39.0. The minimum Gasteiger partial charge on any atom is -0.444 e. The highest BCUT2D eigenvalue weighted by Crippen LogP contribution is 2.37. The molecule has 1 aromatic rings. The summed E-state index contributed by atoms with van der Waals surface area (Å²) in [5, 5.41) is 0.268. The van der Waals surface area contributed by atoms with Gasteiger partial charge in [-0.3, -0.25) is 0 Å². The van der Waals surface area contributed by atoms with Crippen LogP contribution in [0.4, 0.5) is 9.18 Å². The van der Waals surface area contributed by atoms with Crippen molar-refractivity contribution >= 4 is 30.3 Å². The fourth-order valence-corrected chi connectivity index (χ4v) is 4.09. The number of nitrogens with zero attached hydrogens (tertiary/aromatic N) is 1. The number of benzene rings is 1. The van der Waals surface area contributed by atoms with Gasteiger partial charge in [0, 0.05) is 11.4 Å². The molecule has 178 valence electrons. The van der Waals surface area contributed by atoms with Gasteiger partial charge in [0.05, 0.1) is 36.5 Å². The van der Waals surface area contributed by atoms with Gasteiger partial charge in [0.25, 0.3) is 0 Å². The zero-order valence-electron chi connectivity index (χ0n) is 20.3. The van der Waals surface area contributed by atoms with Crippen molar-refractivity contribution in [3.05, 3.63) is 28.5 Å². The highest BCUT2D eigenvalue weighted by Gasteiger charge is 2.52. The van der Waals surface area contributed by atoms with Gasteiger partial charge in [-0.1, -0.05) is 11.6 Å². The Kier molecular flexibility index (Phi) is 6.94. The van der Waals surface area contributed by atoms with Gasteiger partial charge in [0.15, 0.2) is 0 Å². The summed E-state index contributed by atoms with van der Waals surface area (Å²) in [6, 6.07) is 2.96. The van der Waals surface area contributed by atoms with Crippen molar-refractivity contribution in [3.63, 3.8) is 0 Å². The van der Waals surface area contributed by atoms with E-state index in [1.807, 2.05) is 55.4 Å². The second kappa shape index (κ2) is 8.78. The highest BCUT2D eigenvalue weighted by atomic mass is 35.5. The highest BCUT2D eigenvalue weighted by molar-refractivity contribution is 6.63. The van der Waals surface area contributed by atoms with E-state index >= 15 is 4.39 Å². The first-order valence-electron chi connectivity index (χ1n) is 11.0. The van der Waals surface area contributed by atoms with Crippen LogP contribution in [0.1, 0.15) is 61.0 Å². The van der Waals surface area contributed by atoms with Crippen molar-refractivity contribution in [2.75, 3.05) is 13.1 Å². The van der Waals surface area contributed by atoms with E-state index in [2.05, 4.69) is 0 Å². The Morgan fingerprint density at radius 3 is 2.38 bits per heavy atom. The van der Waals surface area contributed by atoms with Crippen LogP contribution in [0.3, 0.4) is 0 Å². The molecule has 3 rings (SSSR count). The molecule has 6 nitrogen and oxygen atoms in total. The van der Waals surface area contributed by atoms with E-state index in [0.29, 0.717) is 24.1 Å². The van der Waals surface area contributed by atoms with Gasteiger partial charge in [0.1, 0.15) is 11.4 Å². The number of rotatable bonds is 3. The van der Waals surface area contributed by atoms with Crippen molar-refractivity contribution < 1.29 is 28.0 Å². The first kappa shape index (κ1) is 25.3. The molecular formula is C23H34BClFNO5. The first-order valence-corrected chi connectivity index (χ1v) is 11.4. The summed E-state index contributed by atoms with van der Waals surface area (Å²) in [6.07, 6.45) is -0.785. The molecule has 1 aromatic carbocycles. The van der Waals surface area contributed by atoms with E-state index in [0.717, 1.165) is 0 Å². The minimum atomic E-state index is -0.758. The SMILES string of the molecule is C[C@H]1CN(C(=O)OC(C)(C)C)CC(Cc2c(F)cc(Cl)cc2B2OC(C)(C)C(C)(C)O2)O1. The third kappa shape index (κ3) is 5.58. The lowest BCUT2D eigenvalue weighted by atomic mass is 9.74. The van der Waals surface area contributed by atoms with E-state index in [1.165, 1.54) is 6.07 Å². The van der Waals surface area contributed by atoms with Crippen LogP contribution < -0.4 is 5.46 Å². The smallest absolute Gasteiger partial charge is 0.444 e. The quantitative estimate of drug-likeness (QED) is 0.616. The van der Waals surface area contributed by atoms with E-state index in [-0.39, 0.29) is 17.5 Å². The van der Waals surface area contributed by atoms with Gasteiger partial charge < -0.3 is 23.7 Å². The number of morpholine rings is 1. The Morgan fingerprint density at radius 2 is 1.81 bits per heavy atom. The summed E-state index contributed by atoms with van der Waals surface area (Å²) in [5.41, 5.74) is -0.787. The third-order valence-corrected chi connectivity index (χ3v) is 6.33. The third-order valence-electron chi connectivity index (χ3n) is 6.11. The molecule has 2 aliphatic heterocycles. The lowest BCUT2D eigenvalue weighted by molar-refractivity contribution is -0.0793. The number of carbonyl (C=O) groups is 1. The summed E-state index contributed by atoms with van der Waals surface area (Å²) in [6.45, 7) is 15.8. The summed E-state index contributed by atoms with van der Waals surface area (Å²) >= 11 is 6.18. The maximum Gasteiger partial charge on any atom is 0.495 e. The second-order valence-electron chi connectivity index (χ2n) is 10.7. The molecule has 2 heterocycles. The number of carbonyl (C=O) groups excluding carboxylic acids is 1. The van der Waals surface area contributed by atoms with Crippen LogP contribution in [0.25, 0.3) is 0 Å². The van der Waals surface area contributed by atoms with Crippen LogP contribution >= 0.6 is 11.6 Å². The molecule has 32 heavy (non-hydrogen) atoms. The van der Waals surface area contributed by atoms with Gasteiger partial charge in [-0.2, -0.15) is 0 Å². The predicted molar refractivity (Wildman–Crippen MR) is 123 cm³/mol. The fourth-order valence-electron chi connectivity index (χ4n) is 3.88. The Balaban J connectivity index is 1.85. The zero-order chi connectivity index (χ0) is 24.1. The molecule has 2 saturated heterocycles. The topological polar surface area (TPSA) is 57.2 Å². The molecule has 0 aromatic heterocycles. The van der Waals surface area contributed by atoms with Crippen LogP contribution in [-0.2, 0) is 25.2 Å². The molecule has 2 atom stereocenters. The molecule has 0 saturated carbocycles. The van der Waals surface area contributed by atoms with Crippen molar-refractivity contribution in [2.24, 2.45) is 0 Å². The molecule has 1 unspecified atom stereocenters. The van der Waals surface area contributed by atoms with Crippen LogP contribution in [0.5, 0.6) is 0 Å². The molecule has 0 bridgehead atoms. The van der Waals surface area contributed by atoms with Crippen LogP contribution in [-0.4, -0.2) is 60.2 Å². The van der Waals surface area contributed by atoms with Gasteiger partial charge in [-0.05, 0) is 78.5 Å².